The molecule has 3 rings (SSSR count). The van der Waals surface area contributed by atoms with E-state index in [4.69, 9.17) is 12.2 Å². The van der Waals surface area contributed by atoms with Crippen molar-refractivity contribution in [1.29, 1.82) is 0 Å². The van der Waals surface area contributed by atoms with E-state index in [1.807, 2.05) is 19.1 Å². The number of rotatable bonds is 3. The Morgan fingerprint density at radius 1 is 1.00 bits per heavy atom. The second kappa shape index (κ2) is 5.85. The average molecular weight is 323 g/mol. The lowest BCUT2D eigenvalue weighted by Gasteiger charge is -2.16. The zero-order chi connectivity index (χ0) is 16.6. The van der Waals surface area contributed by atoms with Gasteiger partial charge in [-0.1, -0.05) is 60.2 Å². The number of carbonyl (C=O) groups is 3. The van der Waals surface area contributed by atoms with Crippen LogP contribution < -0.4 is 4.90 Å². The molecule has 0 aliphatic carbocycles. The van der Waals surface area contributed by atoms with Crippen molar-refractivity contribution < 1.29 is 14.4 Å². The molecule has 4 nitrogen and oxygen atoms in total. The SMILES string of the molecule is Cc1ccc(N2C(=O)C(=O)C(C(=O)c3ccccc3)C2=S)cc1. The van der Waals surface area contributed by atoms with Gasteiger partial charge in [0.1, 0.15) is 10.9 Å². The smallest absolute Gasteiger partial charge is 0.293 e. The van der Waals surface area contributed by atoms with Gasteiger partial charge in [-0.05, 0) is 19.1 Å². The summed E-state index contributed by atoms with van der Waals surface area (Å²) in [5.74, 6) is -3.19. The van der Waals surface area contributed by atoms with Crippen LogP contribution in [0.1, 0.15) is 15.9 Å². The fourth-order valence-corrected chi connectivity index (χ4v) is 2.92. The average Bonchev–Trinajstić information content (AvgIpc) is 2.78. The van der Waals surface area contributed by atoms with Crippen molar-refractivity contribution in [3.63, 3.8) is 0 Å². The van der Waals surface area contributed by atoms with E-state index in [-0.39, 0.29) is 4.99 Å². The Bertz CT molecular complexity index is 812. The molecule has 1 aliphatic heterocycles. The highest BCUT2D eigenvalue weighted by Crippen LogP contribution is 2.28. The molecule has 1 atom stereocenters. The van der Waals surface area contributed by atoms with E-state index in [1.165, 1.54) is 0 Å². The Balaban J connectivity index is 1.97. The second-order valence-electron chi connectivity index (χ2n) is 5.34. The predicted molar refractivity (Wildman–Crippen MR) is 90.5 cm³/mol. The monoisotopic (exact) mass is 323 g/mol. The number of hydrogen-bond donors (Lipinski definition) is 0. The van der Waals surface area contributed by atoms with Crippen LogP contribution in [0, 0.1) is 12.8 Å². The summed E-state index contributed by atoms with van der Waals surface area (Å²) >= 11 is 5.27. The highest BCUT2D eigenvalue weighted by Gasteiger charge is 2.48. The van der Waals surface area contributed by atoms with E-state index in [9.17, 15) is 14.4 Å². The van der Waals surface area contributed by atoms with Gasteiger partial charge in [0.2, 0.25) is 5.78 Å². The summed E-state index contributed by atoms with van der Waals surface area (Å²) in [6.45, 7) is 1.92. The minimum atomic E-state index is -1.22. The lowest BCUT2D eigenvalue weighted by atomic mass is 9.96. The molecular weight excluding hydrogens is 310 g/mol. The molecule has 1 heterocycles. The summed E-state index contributed by atoms with van der Waals surface area (Å²) in [5.41, 5.74) is 1.89. The van der Waals surface area contributed by atoms with Crippen LogP contribution in [0.5, 0.6) is 0 Å². The summed E-state index contributed by atoms with van der Waals surface area (Å²) < 4.78 is 0. The number of aryl methyl sites for hydroxylation is 1. The molecule has 23 heavy (non-hydrogen) atoms. The first-order chi connectivity index (χ1) is 11.0. The maximum atomic E-state index is 12.6. The summed E-state index contributed by atoms with van der Waals surface area (Å²) in [4.78, 5) is 38.3. The molecule has 2 aromatic carbocycles. The van der Waals surface area contributed by atoms with Gasteiger partial charge in [-0.15, -0.1) is 0 Å². The summed E-state index contributed by atoms with van der Waals surface area (Å²) in [5, 5.41) is 0. The quantitative estimate of drug-likeness (QED) is 0.377. The highest BCUT2D eigenvalue weighted by atomic mass is 32.1. The topological polar surface area (TPSA) is 54.5 Å². The van der Waals surface area contributed by atoms with Crippen molar-refractivity contribution in [2.75, 3.05) is 4.90 Å². The molecule has 0 N–H and O–H groups in total. The molecule has 0 aromatic heterocycles. The van der Waals surface area contributed by atoms with Gasteiger partial charge in [0.05, 0.1) is 0 Å². The fourth-order valence-electron chi connectivity index (χ4n) is 2.51. The van der Waals surface area contributed by atoms with Gasteiger partial charge in [0, 0.05) is 11.3 Å². The second-order valence-corrected chi connectivity index (χ2v) is 5.76. The summed E-state index contributed by atoms with van der Waals surface area (Å²) in [7, 11) is 0. The number of Topliss-reactive ketones (excluding diaryl/α,β-unsaturated/α-hetero) is 2. The molecule has 1 unspecified atom stereocenters. The summed E-state index contributed by atoms with van der Waals surface area (Å²) in [6.07, 6.45) is 0. The molecule has 1 amide bonds. The van der Waals surface area contributed by atoms with Crippen molar-refractivity contribution in [3.05, 3.63) is 65.7 Å². The van der Waals surface area contributed by atoms with Crippen LogP contribution in [-0.4, -0.2) is 22.5 Å². The fraction of sp³-hybridized carbons (Fsp3) is 0.111. The zero-order valence-corrected chi connectivity index (χ0v) is 13.2. The number of carbonyl (C=O) groups excluding carboxylic acids is 3. The molecule has 1 aliphatic rings. The molecule has 5 heteroatoms. The van der Waals surface area contributed by atoms with Crippen LogP contribution >= 0.6 is 12.2 Å². The third-order valence-electron chi connectivity index (χ3n) is 3.76. The van der Waals surface area contributed by atoms with Gasteiger partial charge in [0.25, 0.3) is 0 Å². The van der Waals surface area contributed by atoms with Crippen LogP contribution in [0.25, 0.3) is 0 Å². The normalized spacial score (nSPS) is 17.7. The van der Waals surface area contributed by atoms with Crippen molar-refractivity contribution in [2.24, 2.45) is 5.92 Å². The molecule has 114 valence electrons. The standard InChI is InChI=1S/C18H13NO3S/c1-11-7-9-13(10-8-11)19-17(22)16(21)14(18(19)23)15(20)12-5-3-2-4-6-12/h2-10,14H,1H3. The first-order valence-corrected chi connectivity index (χ1v) is 7.49. The van der Waals surface area contributed by atoms with Crippen LogP contribution in [0.3, 0.4) is 0 Å². The highest BCUT2D eigenvalue weighted by molar-refractivity contribution is 7.81. The Labute approximate surface area is 138 Å². The van der Waals surface area contributed by atoms with E-state index in [0.29, 0.717) is 11.3 Å². The van der Waals surface area contributed by atoms with Gasteiger partial charge in [-0.25, -0.2) is 0 Å². The number of benzene rings is 2. The molecule has 1 saturated heterocycles. The van der Waals surface area contributed by atoms with Gasteiger partial charge >= 0.3 is 5.91 Å². The van der Waals surface area contributed by atoms with Gasteiger partial charge in [0.15, 0.2) is 5.78 Å². The summed E-state index contributed by atoms with van der Waals surface area (Å²) in [6, 6.07) is 15.5. The lowest BCUT2D eigenvalue weighted by Crippen LogP contribution is -2.30. The van der Waals surface area contributed by atoms with Crippen molar-refractivity contribution in [2.45, 2.75) is 6.92 Å². The van der Waals surface area contributed by atoms with Gasteiger partial charge in [-0.3, -0.25) is 19.3 Å². The third kappa shape index (κ3) is 2.59. The maximum absolute atomic E-state index is 12.6. The van der Waals surface area contributed by atoms with Crippen molar-refractivity contribution in [1.82, 2.24) is 0 Å². The first kappa shape index (κ1) is 15.2. The Morgan fingerprint density at radius 3 is 2.22 bits per heavy atom. The molecule has 0 saturated carbocycles. The van der Waals surface area contributed by atoms with Crippen LogP contribution in [0.15, 0.2) is 54.6 Å². The molecule has 1 fully saturated rings. The largest absolute Gasteiger partial charge is 0.300 e. The number of hydrogen-bond acceptors (Lipinski definition) is 4. The number of anilines is 1. The molecular formula is C18H13NO3S. The van der Waals surface area contributed by atoms with E-state index in [1.54, 1.807) is 42.5 Å². The van der Waals surface area contributed by atoms with Crippen molar-refractivity contribution >= 4 is 40.4 Å². The van der Waals surface area contributed by atoms with Crippen LogP contribution in [-0.2, 0) is 9.59 Å². The predicted octanol–water partition coefficient (Wildman–Crippen LogP) is 2.74. The molecule has 0 bridgehead atoms. The zero-order valence-electron chi connectivity index (χ0n) is 12.4. The van der Waals surface area contributed by atoms with Gasteiger partial charge in [-0.2, -0.15) is 0 Å². The van der Waals surface area contributed by atoms with Crippen molar-refractivity contribution in [3.8, 4) is 0 Å². The third-order valence-corrected chi connectivity index (χ3v) is 4.17. The van der Waals surface area contributed by atoms with Crippen LogP contribution in [0.4, 0.5) is 5.69 Å². The Morgan fingerprint density at radius 2 is 1.61 bits per heavy atom. The maximum Gasteiger partial charge on any atom is 0.300 e. The first-order valence-electron chi connectivity index (χ1n) is 7.09. The van der Waals surface area contributed by atoms with Crippen LogP contribution in [0.2, 0.25) is 0 Å². The minimum absolute atomic E-state index is 0.0395. The Kier molecular flexibility index (Phi) is 3.88. The number of nitrogens with zero attached hydrogens (tertiary/aromatic N) is 1. The van der Waals surface area contributed by atoms with E-state index < -0.39 is 23.4 Å². The number of amides is 1. The number of ketones is 2. The molecule has 0 radical (unpaired) electrons. The lowest BCUT2D eigenvalue weighted by molar-refractivity contribution is -0.134. The van der Waals surface area contributed by atoms with Gasteiger partial charge < -0.3 is 0 Å². The van der Waals surface area contributed by atoms with E-state index in [0.717, 1.165) is 10.5 Å². The molecule has 2 aromatic rings. The number of thiocarbonyl (C=S) groups is 1. The Hall–Kier alpha value is -2.66. The molecule has 0 spiro atoms. The minimum Gasteiger partial charge on any atom is -0.293 e. The van der Waals surface area contributed by atoms with E-state index >= 15 is 0 Å². The van der Waals surface area contributed by atoms with E-state index in [2.05, 4.69) is 0 Å².